The fourth-order valence-corrected chi connectivity index (χ4v) is 3.37. The molecule has 1 aromatic carbocycles. The summed E-state index contributed by atoms with van der Waals surface area (Å²) < 4.78 is 35.1. The second-order valence-electron chi connectivity index (χ2n) is 6.07. The van der Waals surface area contributed by atoms with Gasteiger partial charge in [0.25, 0.3) is 5.91 Å². The zero-order chi connectivity index (χ0) is 18.4. The van der Waals surface area contributed by atoms with Crippen LogP contribution >= 0.6 is 0 Å². The molecule has 26 heavy (non-hydrogen) atoms. The van der Waals surface area contributed by atoms with E-state index in [2.05, 4.69) is 15.0 Å². The highest BCUT2D eigenvalue weighted by molar-refractivity contribution is 6.03. The molecule has 2 amide bonds. The lowest BCUT2D eigenvalue weighted by molar-refractivity contribution is -0.0500. The molecule has 2 aliphatic rings. The monoisotopic (exact) mass is 364 g/mol. The molecular formula is C16H14F2N4O4. The number of aromatic nitrogens is 1. The van der Waals surface area contributed by atoms with Crippen molar-refractivity contribution in [3.63, 3.8) is 0 Å². The maximum absolute atomic E-state index is 12.7. The highest BCUT2D eigenvalue weighted by Gasteiger charge is 2.42. The Morgan fingerprint density at radius 2 is 2.19 bits per heavy atom. The van der Waals surface area contributed by atoms with Gasteiger partial charge in [-0.3, -0.25) is 9.78 Å². The van der Waals surface area contributed by atoms with Crippen molar-refractivity contribution in [2.24, 2.45) is 5.73 Å². The van der Waals surface area contributed by atoms with Gasteiger partial charge in [-0.1, -0.05) is 0 Å². The maximum atomic E-state index is 12.7. The molecule has 1 aromatic heterocycles. The summed E-state index contributed by atoms with van der Waals surface area (Å²) in [6, 6.07) is 2.58. The number of alkyl halides is 2. The molecule has 0 radical (unpaired) electrons. The van der Waals surface area contributed by atoms with E-state index in [0.29, 0.717) is 29.5 Å². The predicted molar refractivity (Wildman–Crippen MR) is 86.3 cm³/mol. The number of nitrogens with zero attached hydrogens (tertiary/aromatic N) is 2. The number of benzene rings is 1. The van der Waals surface area contributed by atoms with Crippen LogP contribution in [0.1, 0.15) is 10.4 Å². The molecule has 0 unspecified atom stereocenters. The average molecular weight is 364 g/mol. The number of nitrogens with one attached hydrogen (secondary N) is 1. The van der Waals surface area contributed by atoms with E-state index in [1.807, 2.05) is 4.90 Å². The first kappa shape index (κ1) is 16.3. The van der Waals surface area contributed by atoms with Crippen molar-refractivity contribution in [2.75, 3.05) is 18.0 Å². The average Bonchev–Trinajstić information content (AvgIpc) is 3.10. The smallest absolute Gasteiger partial charge is 0.407 e. The minimum absolute atomic E-state index is 0.148. The van der Waals surface area contributed by atoms with E-state index in [1.165, 1.54) is 18.3 Å². The Hall–Kier alpha value is -3.17. The van der Waals surface area contributed by atoms with E-state index in [0.717, 1.165) is 0 Å². The number of anilines is 1. The van der Waals surface area contributed by atoms with Crippen molar-refractivity contribution in [1.82, 2.24) is 10.3 Å². The van der Waals surface area contributed by atoms with E-state index in [9.17, 15) is 18.4 Å². The number of halogens is 2. The van der Waals surface area contributed by atoms with Crippen LogP contribution in [0.5, 0.6) is 5.75 Å². The van der Waals surface area contributed by atoms with Crippen LogP contribution in [0.15, 0.2) is 24.5 Å². The Kier molecular flexibility index (Phi) is 3.74. The third-order valence-corrected chi connectivity index (χ3v) is 4.49. The van der Waals surface area contributed by atoms with E-state index in [-0.39, 0.29) is 23.5 Å². The predicted octanol–water partition coefficient (Wildman–Crippen LogP) is 1.23. The van der Waals surface area contributed by atoms with Crippen LogP contribution in [0, 0.1) is 0 Å². The number of fused-ring (bicyclic) bond motifs is 2. The fourth-order valence-electron chi connectivity index (χ4n) is 3.37. The van der Waals surface area contributed by atoms with E-state index < -0.39 is 18.6 Å². The summed E-state index contributed by atoms with van der Waals surface area (Å²) >= 11 is 0. The number of pyridine rings is 1. The summed E-state index contributed by atoms with van der Waals surface area (Å²) in [5.41, 5.74) is 5.77. The molecule has 0 aliphatic carbocycles. The zero-order valence-electron chi connectivity index (χ0n) is 13.3. The number of rotatable bonds is 4. The molecule has 2 aliphatic heterocycles. The van der Waals surface area contributed by atoms with Crippen molar-refractivity contribution in [1.29, 1.82) is 0 Å². The first-order valence-corrected chi connectivity index (χ1v) is 7.81. The van der Waals surface area contributed by atoms with Gasteiger partial charge >= 0.3 is 12.7 Å². The highest BCUT2D eigenvalue weighted by atomic mass is 19.3. The Balaban J connectivity index is 1.76. The summed E-state index contributed by atoms with van der Waals surface area (Å²) in [5, 5.41) is 3.85. The molecule has 0 saturated carbocycles. The summed E-state index contributed by atoms with van der Waals surface area (Å²) in [6.45, 7) is -2.17. The topological polar surface area (TPSA) is 107 Å². The summed E-state index contributed by atoms with van der Waals surface area (Å²) in [4.78, 5) is 28.9. The lowest BCUT2D eigenvalue weighted by atomic mass is 10.1. The Morgan fingerprint density at radius 3 is 2.88 bits per heavy atom. The normalized spacial score (nSPS) is 21.7. The first-order valence-electron chi connectivity index (χ1n) is 7.81. The van der Waals surface area contributed by atoms with Gasteiger partial charge in [-0.2, -0.15) is 8.78 Å². The van der Waals surface area contributed by atoms with Crippen LogP contribution in [0.2, 0.25) is 0 Å². The number of primary amides is 1. The first-order chi connectivity index (χ1) is 12.4. The van der Waals surface area contributed by atoms with Crippen molar-refractivity contribution in [3.8, 4) is 5.75 Å². The standard InChI is InChI=1S/C16H14F2N4O4/c17-15(18)25-12-2-8-7(1-9(12)14(19)23)3-20-4-11(8)22-5-10-13(6-22)26-16(24)21-10/h1-4,10,13,15H,5-6H2,(H2,19,23)(H,21,24)/t10-,13+/m1/s1. The van der Waals surface area contributed by atoms with Gasteiger partial charge in [0, 0.05) is 23.5 Å². The molecule has 3 N–H and O–H groups in total. The summed E-state index contributed by atoms with van der Waals surface area (Å²) in [7, 11) is 0. The number of ether oxygens (including phenoxy) is 2. The molecule has 2 saturated heterocycles. The van der Waals surface area contributed by atoms with Crippen molar-refractivity contribution >= 4 is 28.5 Å². The van der Waals surface area contributed by atoms with Crippen LogP contribution in [-0.2, 0) is 4.74 Å². The van der Waals surface area contributed by atoms with Gasteiger partial charge < -0.3 is 25.4 Å². The lowest BCUT2D eigenvalue weighted by Crippen LogP contribution is -2.32. The van der Waals surface area contributed by atoms with E-state index in [4.69, 9.17) is 10.5 Å². The molecule has 136 valence electrons. The molecule has 4 rings (SSSR count). The van der Waals surface area contributed by atoms with Gasteiger partial charge in [0.1, 0.15) is 11.9 Å². The molecule has 2 atom stereocenters. The molecule has 8 nitrogen and oxygen atoms in total. The Labute approximate surface area is 145 Å². The lowest BCUT2D eigenvalue weighted by Gasteiger charge is -2.21. The van der Waals surface area contributed by atoms with Crippen molar-refractivity contribution in [3.05, 3.63) is 30.1 Å². The Morgan fingerprint density at radius 1 is 1.38 bits per heavy atom. The van der Waals surface area contributed by atoms with Crippen molar-refractivity contribution < 1.29 is 27.8 Å². The van der Waals surface area contributed by atoms with Crippen LogP contribution in [0.4, 0.5) is 19.3 Å². The van der Waals surface area contributed by atoms with Gasteiger partial charge in [0.15, 0.2) is 0 Å². The number of hydrogen-bond acceptors (Lipinski definition) is 6. The SMILES string of the molecule is NC(=O)c1cc2cncc(N3C[C@@H]4OC(=O)N[C@@H]4C3)c2cc1OC(F)F. The number of carbonyl (C=O) groups is 2. The van der Waals surface area contributed by atoms with E-state index in [1.54, 1.807) is 6.20 Å². The second kappa shape index (κ2) is 5.97. The highest BCUT2D eigenvalue weighted by Crippen LogP contribution is 2.35. The zero-order valence-corrected chi connectivity index (χ0v) is 13.3. The molecule has 0 bridgehead atoms. The molecular weight excluding hydrogens is 350 g/mol. The summed E-state index contributed by atoms with van der Waals surface area (Å²) in [6.07, 6.45) is 2.35. The number of amides is 2. The van der Waals surface area contributed by atoms with Crippen LogP contribution < -0.4 is 20.7 Å². The fraction of sp³-hybridized carbons (Fsp3) is 0.312. The van der Waals surface area contributed by atoms with Gasteiger partial charge in [0.2, 0.25) is 0 Å². The van der Waals surface area contributed by atoms with Crippen LogP contribution in [0.3, 0.4) is 0 Å². The summed E-state index contributed by atoms with van der Waals surface area (Å²) in [5.74, 6) is -1.17. The number of alkyl carbamates (subject to hydrolysis) is 1. The molecule has 2 aromatic rings. The minimum atomic E-state index is -3.09. The molecule has 0 spiro atoms. The minimum Gasteiger partial charge on any atom is -0.442 e. The maximum Gasteiger partial charge on any atom is 0.407 e. The molecule has 2 fully saturated rings. The van der Waals surface area contributed by atoms with Gasteiger partial charge in [-0.15, -0.1) is 0 Å². The quantitative estimate of drug-likeness (QED) is 0.845. The largest absolute Gasteiger partial charge is 0.442 e. The third-order valence-electron chi connectivity index (χ3n) is 4.49. The number of hydrogen-bond donors (Lipinski definition) is 2. The molecule has 10 heteroatoms. The number of nitrogens with two attached hydrogens (primary N) is 1. The molecule has 3 heterocycles. The van der Waals surface area contributed by atoms with Gasteiger partial charge in [0.05, 0.1) is 30.0 Å². The van der Waals surface area contributed by atoms with Gasteiger partial charge in [-0.25, -0.2) is 4.79 Å². The van der Waals surface area contributed by atoms with Crippen LogP contribution in [0.25, 0.3) is 10.8 Å². The van der Waals surface area contributed by atoms with E-state index >= 15 is 0 Å². The Bertz CT molecular complexity index is 891. The van der Waals surface area contributed by atoms with Gasteiger partial charge in [-0.05, 0) is 12.1 Å². The third kappa shape index (κ3) is 2.72. The van der Waals surface area contributed by atoms with Crippen molar-refractivity contribution in [2.45, 2.75) is 18.8 Å². The number of carbonyl (C=O) groups excluding carboxylic acids is 2. The second-order valence-corrected chi connectivity index (χ2v) is 6.07. The van der Waals surface area contributed by atoms with Crippen LogP contribution in [-0.4, -0.2) is 48.8 Å².